The molecule has 2 rings (SSSR count). The molecule has 0 amide bonds. The smallest absolute Gasteiger partial charge is 0.304 e. The molecule has 0 aliphatic rings. The molecule has 2 aromatic rings. The van der Waals surface area contributed by atoms with Crippen molar-refractivity contribution in [3.05, 3.63) is 12.0 Å². The number of hydrogen-bond acceptors (Lipinski definition) is 7. The van der Waals surface area contributed by atoms with Crippen LogP contribution in [0, 0.1) is 0 Å². The highest BCUT2D eigenvalue weighted by Gasteiger charge is 2.17. The summed E-state index contributed by atoms with van der Waals surface area (Å²) >= 11 is 0. The number of nitrogen functional groups attached to an aromatic ring is 2. The first-order valence-electron chi connectivity index (χ1n) is 3.56. The molecular weight excluding hydrogens is 188 g/mol. The fraction of sp³-hybridized carbons (Fsp3) is 0. The van der Waals surface area contributed by atoms with Crippen LogP contribution < -0.4 is 11.5 Å². The van der Waals surface area contributed by atoms with Gasteiger partial charge in [0.1, 0.15) is 6.33 Å². The molecule has 0 saturated heterocycles. The Morgan fingerprint density at radius 2 is 2.21 bits per heavy atom. The highest BCUT2D eigenvalue weighted by Crippen LogP contribution is 2.04. The zero-order valence-electron chi connectivity index (χ0n) is 6.88. The van der Waals surface area contributed by atoms with Crippen molar-refractivity contribution < 1.29 is 4.79 Å². The lowest BCUT2D eigenvalue weighted by Gasteiger charge is -1.93. The van der Waals surface area contributed by atoms with Crippen LogP contribution in [0.2, 0.25) is 0 Å². The van der Waals surface area contributed by atoms with Crippen LogP contribution in [0.1, 0.15) is 10.5 Å². The normalized spacial score (nSPS) is 10.3. The SMILES string of the molecule is Nc1ncn(C(=O)c2n[nH]nc2N)n1. The van der Waals surface area contributed by atoms with Crippen LogP contribution in [0.4, 0.5) is 11.8 Å². The Hall–Kier alpha value is -2.45. The van der Waals surface area contributed by atoms with Crippen LogP contribution in [0.3, 0.4) is 0 Å². The van der Waals surface area contributed by atoms with Gasteiger partial charge in [-0.05, 0) is 0 Å². The molecule has 72 valence electrons. The quantitative estimate of drug-likeness (QED) is 0.488. The maximum Gasteiger partial charge on any atom is 0.304 e. The lowest BCUT2D eigenvalue weighted by Crippen LogP contribution is -2.15. The Morgan fingerprint density at radius 1 is 1.43 bits per heavy atom. The maximum atomic E-state index is 11.5. The monoisotopic (exact) mass is 194 g/mol. The van der Waals surface area contributed by atoms with E-state index in [4.69, 9.17) is 11.5 Å². The van der Waals surface area contributed by atoms with Gasteiger partial charge in [0.25, 0.3) is 0 Å². The van der Waals surface area contributed by atoms with Gasteiger partial charge >= 0.3 is 5.91 Å². The fourth-order valence-electron chi connectivity index (χ4n) is 0.879. The maximum absolute atomic E-state index is 11.5. The number of H-pyrrole nitrogens is 1. The summed E-state index contributed by atoms with van der Waals surface area (Å²) < 4.78 is 0.934. The first-order chi connectivity index (χ1) is 6.68. The number of aromatic amines is 1. The van der Waals surface area contributed by atoms with Gasteiger partial charge in [0.15, 0.2) is 11.5 Å². The Bertz CT molecular complexity index is 470. The Morgan fingerprint density at radius 3 is 2.71 bits per heavy atom. The second kappa shape index (κ2) is 2.80. The van der Waals surface area contributed by atoms with E-state index in [-0.39, 0.29) is 17.5 Å². The number of aromatic nitrogens is 6. The standard InChI is InChI=1S/C5H6N8O/c6-3-2(9-12-10-3)4(14)13-1-8-5(7)11-13/h1H,(H2,7,11)(H3,6,9,10,12). The van der Waals surface area contributed by atoms with Gasteiger partial charge in [-0.3, -0.25) is 4.79 Å². The molecule has 0 saturated carbocycles. The molecule has 0 bridgehead atoms. The first-order valence-corrected chi connectivity index (χ1v) is 3.56. The van der Waals surface area contributed by atoms with Crippen molar-refractivity contribution >= 4 is 17.7 Å². The number of anilines is 2. The third-order valence-corrected chi connectivity index (χ3v) is 1.50. The third kappa shape index (κ3) is 1.16. The average Bonchev–Trinajstić information content (AvgIpc) is 2.73. The summed E-state index contributed by atoms with van der Waals surface area (Å²) in [5, 5.41) is 12.9. The van der Waals surface area contributed by atoms with Gasteiger partial charge in [0, 0.05) is 0 Å². The van der Waals surface area contributed by atoms with E-state index in [1.54, 1.807) is 0 Å². The minimum Gasteiger partial charge on any atom is -0.380 e. The van der Waals surface area contributed by atoms with Gasteiger partial charge in [-0.2, -0.15) is 9.90 Å². The highest BCUT2D eigenvalue weighted by molar-refractivity contribution is 5.97. The highest BCUT2D eigenvalue weighted by atomic mass is 16.2. The lowest BCUT2D eigenvalue weighted by molar-refractivity contribution is 0.0941. The molecule has 14 heavy (non-hydrogen) atoms. The summed E-state index contributed by atoms with van der Waals surface area (Å²) in [4.78, 5) is 15.1. The van der Waals surface area contributed by atoms with Crippen molar-refractivity contribution in [1.29, 1.82) is 0 Å². The van der Waals surface area contributed by atoms with Crippen molar-refractivity contribution in [2.45, 2.75) is 0 Å². The van der Waals surface area contributed by atoms with E-state index in [0.29, 0.717) is 0 Å². The van der Waals surface area contributed by atoms with E-state index < -0.39 is 5.91 Å². The van der Waals surface area contributed by atoms with E-state index >= 15 is 0 Å². The predicted molar refractivity (Wildman–Crippen MR) is 45.0 cm³/mol. The molecule has 0 fully saturated rings. The number of nitrogens with one attached hydrogen (secondary N) is 1. The van der Waals surface area contributed by atoms with E-state index in [2.05, 4.69) is 25.5 Å². The largest absolute Gasteiger partial charge is 0.380 e. The van der Waals surface area contributed by atoms with Crippen LogP contribution in [0.5, 0.6) is 0 Å². The lowest BCUT2D eigenvalue weighted by atomic mass is 10.4. The molecule has 5 N–H and O–H groups in total. The molecule has 0 aromatic carbocycles. The van der Waals surface area contributed by atoms with Gasteiger partial charge in [0.2, 0.25) is 5.95 Å². The Balaban J connectivity index is 2.38. The Labute approximate surface area is 77.1 Å². The van der Waals surface area contributed by atoms with E-state index in [0.717, 1.165) is 4.68 Å². The van der Waals surface area contributed by atoms with Gasteiger partial charge in [-0.25, -0.2) is 4.98 Å². The number of nitrogens with two attached hydrogens (primary N) is 2. The van der Waals surface area contributed by atoms with Crippen molar-refractivity contribution in [2.24, 2.45) is 0 Å². The zero-order chi connectivity index (χ0) is 10.1. The van der Waals surface area contributed by atoms with Crippen LogP contribution in [0.25, 0.3) is 0 Å². The second-order valence-electron chi connectivity index (χ2n) is 2.41. The minimum atomic E-state index is -0.541. The van der Waals surface area contributed by atoms with Gasteiger partial charge in [-0.1, -0.05) is 0 Å². The first kappa shape index (κ1) is 8.16. The topological polar surface area (TPSA) is 141 Å². The molecular formula is C5H6N8O. The number of carbonyl (C=O) groups is 1. The predicted octanol–water partition coefficient (Wildman–Crippen LogP) is -1.75. The minimum absolute atomic E-state index is 0.000385. The second-order valence-corrected chi connectivity index (χ2v) is 2.41. The molecule has 0 unspecified atom stereocenters. The van der Waals surface area contributed by atoms with Crippen LogP contribution in [0.15, 0.2) is 6.33 Å². The van der Waals surface area contributed by atoms with E-state index in [9.17, 15) is 4.79 Å². The fourth-order valence-corrected chi connectivity index (χ4v) is 0.879. The van der Waals surface area contributed by atoms with Crippen molar-refractivity contribution in [3.63, 3.8) is 0 Å². The summed E-state index contributed by atoms with van der Waals surface area (Å²) in [6, 6.07) is 0. The van der Waals surface area contributed by atoms with Crippen molar-refractivity contribution in [2.75, 3.05) is 11.5 Å². The van der Waals surface area contributed by atoms with Crippen LogP contribution in [-0.2, 0) is 0 Å². The molecule has 0 radical (unpaired) electrons. The van der Waals surface area contributed by atoms with Crippen molar-refractivity contribution in [3.8, 4) is 0 Å². The van der Waals surface area contributed by atoms with Gasteiger partial charge < -0.3 is 11.5 Å². The number of hydrogen-bond donors (Lipinski definition) is 3. The van der Waals surface area contributed by atoms with Crippen LogP contribution >= 0.6 is 0 Å². The molecule has 2 aromatic heterocycles. The van der Waals surface area contributed by atoms with Crippen molar-refractivity contribution in [1.82, 2.24) is 30.2 Å². The average molecular weight is 194 g/mol. The summed E-state index contributed by atoms with van der Waals surface area (Å²) in [6.45, 7) is 0. The summed E-state index contributed by atoms with van der Waals surface area (Å²) in [5.74, 6) is -0.537. The number of rotatable bonds is 1. The molecule has 0 aliphatic heterocycles. The molecule has 9 heteroatoms. The third-order valence-electron chi connectivity index (χ3n) is 1.50. The van der Waals surface area contributed by atoms with Gasteiger partial charge in [-0.15, -0.1) is 15.3 Å². The molecule has 0 atom stereocenters. The molecule has 0 aliphatic carbocycles. The van der Waals surface area contributed by atoms with E-state index in [1.807, 2.05) is 0 Å². The van der Waals surface area contributed by atoms with Gasteiger partial charge in [0.05, 0.1) is 0 Å². The van der Waals surface area contributed by atoms with E-state index in [1.165, 1.54) is 6.33 Å². The van der Waals surface area contributed by atoms with Crippen LogP contribution in [-0.4, -0.2) is 36.1 Å². The molecule has 0 spiro atoms. The number of carbonyl (C=O) groups excluding carboxylic acids is 1. The summed E-state index contributed by atoms with van der Waals surface area (Å²) in [7, 11) is 0. The summed E-state index contributed by atoms with van der Waals surface area (Å²) in [6.07, 6.45) is 1.17. The Kier molecular flexibility index (Phi) is 1.63. The molecule has 9 nitrogen and oxygen atoms in total. The summed E-state index contributed by atoms with van der Waals surface area (Å²) in [5.41, 5.74) is 10.6. The number of nitrogens with zero attached hydrogens (tertiary/aromatic N) is 5. The molecule has 2 heterocycles. The zero-order valence-corrected chi connectivity index (χ0v) is 6.88.